The van der Waals surface area contributed by atoms with Crippen LogP contribution >= 0.6 is 0 Å². The summed E-state index contributed by atoms with van der Waals surface area (Å²) in [5.74, 6) is 0.173. The van der Waals surface area contributed by atoms with E-state index in [0.29, 0.717) is 0 Å². The Kier molecular flexibility index (Phi) is 4.05. The molecule has 0 aromatic heterocycles. The lowest BCUT2D eigenvalue weighted by Crippen LogP contribution is -2.01. The number of aryl methyl sites for hydroxylation is 1. The van der Waals surface area contributed by atoms with Crippen molar-refractivity contribution in [3.8, 4) is 16.9 Å². The van der Waals surface area contributed by atoms with E-state index in [1.807, 2.05) is 6.07 Å². The molecular weight excluding hydrogens is 282 g/mol. The fraction of sp³-hybridized carbons (Fsp3) is 0.158. The predicted octanol–water partition coefficient (Wildman–Crippen LogP) is 5.67. The summed E-state index contributed by atoms with van der Waals surface area (Å²) in [6.07, 6.45) is 1.02. The molecule has 0 bridgehead atoms. The zero-order valence-corrected chi connectivity index (χ0v) is 12.2. The molecule has 0 saturated carbocycles. The van der Waals surface area contributed by atoms with Crippen LogP contribution < -0.4 is 4.74 Å². The predicted molar refractivity (Wildman–Crippen MR) is 85.4 cm³/mol. The summed E-state index contributed by atoms with van der Waals surface area (Å²) in [6.45, 7) is -0.655. The van der Waals surface area contributed by atoms with Crippen molar-refractivity contribution in [3.63, 3.8) is 0 Å². The van der Waals surface area contributed by atoms with Crippen LogP contribution in [0.1, 0.15) is 12.5 Å². The third-order valence-electron chi connectivity index (χ3n) is 3.73. The second-order valence-corrected chi connectivity index (χ2v) is 5.15. The zero-order valence-electron chi connectivity index (χ0n) is 12.2. The molecule has 0 fully saturated rings. The SMILES string of the molecule is CCc1ccc2cc(-c3ccc(OC(F)F)cc3)ccc2c1. The molecule has 3 rings (SSSR count). The van der Waals surface area contributed by atoms with Crippen LogP contribution in [-0.4, -0.2) is 6.61 Å². The molecule has 3 heteroatoms. The molecule has 0 unspecified atom stereocenters. The van der Waals surface area contributed by atoms with Crippen molar-refractivity contribution >= 4 is 10.8 Å². The fourth-order valence-electron chi connectivity index (χ4n) is 2.52. The maximum absolute atomic E-state index is 12.2. The van der Waals surface area contributed by atoms with E-state index in [1.165, 1.54) is 16.3 Å². The number of ether oxygens (including phenoxy) is 1. The average molecular weight is 298 g/mol. The second kappa shape index (κ2) is 6.14. The number of hydrogen-bond donors (Lipinski definition) is 0. The molecule has 1 nitrogen and oxygen atoms in total. The van der Waals surface area contributed by atoms with Gasteiger partial charge >= 0.3 is 6.61 Å². The van der Waals surface area contributed by atoms with Gasteiger partial charge in [0.05, 0.1) is 0 Å². The third-order valence-corrected chi connectivity index (χ3v) is 3.73. The maximum Gasteiger partial charge on any atom is 0.387 e. The monoisotopic (exact) mass is 298 g/mol. The highest BCUT2D eigenvalue weighted by molar-refractivity contribution is 5.87. The molecule has 0 spiro atoms. The minimum absolute atomic E-state index is 0.173. The highest BCUT2D eigenvalue weighted by Gasteiger charge is 2.05. The van der Waals surface area contributed by atoms with Crippen LogP contribution in [0.15, 0.2) is 60.7 Å². The van der Waals surface area contributed by atoms with Crippen molar-refractivity contribution in [3.05, 3.63) is 66.2 Å². The number of benzene rings is 3. The number of fused-ring (bicyclic) bond motifs is 1. The summed E-state index contributed by atoms with van der Waals surface area (Å²) in [4.78, 5) is 0. The first-order valence-corrected chi connectivity index (χ1v) is 7.23. The summed E-state index contributed by atoms with van der Waals surface area (Å²) in [6, 6.07) is 19.4. The molecule has 112 valence electrons. The Morgan fingerprint density at radius 1 is 0.818 bits per heavy atom. The molecule has 0 N–H and O–H groups in total. The quantitative estimate of drug-likeness (QED) is 0.603. The lowest BCUT2D eigenvalue weighted by atomic mass is 9.99. The molecule has 22 heavy (non-hydrogen) atoms. The van der Waals surface area contributed by atoms with Gasteiger partial charge in [0.15, 0.2) is 0 Å². The molecule has 0 radical (unpaired) electrons. The van der Waals surface area contributed by atoms with Crippen molar-refractivity contribution in [1.29, 1.82) is 0 Å². The van der Waals surface area contributed by atoms with Gasteiger partial charge in [-0.05, 0) is 52.1 Å². The molecule has 0 saturated heterocycles. The van der Waals surface area contributed by atoms with Gasteiger partial charge in [-0.3, -0.25) is 0 Å². The van der Waals surface area contributed by atoms with Crippen LogP contribution in [0.4, 0.5) is 8.78 Å². The van der Waals surface area contributed by atoms with E-state index >= 15 is 0 Å². The zero-order chi connectivity index (χ0) is 15.5. The van der Waals surface area contributed by atoms with E-state index < -0.39 is 6.61 Å². The van der Waals surface area contributed by atoms with Gasteiger partial charge in [-0.25, -0.2) is 0 Å². The lowest BCUT2D eigenvalue weighted by Gasteiger charge is -2.08. The summed E-state index contributed by atoms with van der Waals surface area (Å²) in [5.41, 5.74) is 3.34. The van der Waals surface area contributed by atoms with Crippen LogP contribution in [0.3, 0.4) is 0 Å². The summed E-state index contributed by atoms with van der Waals surface area (Å²) < 4.78 is 28.7. The molecule has 0 aliphatic rings. The molecule has 3 aromatic rings. The van der Waals surface area contributed by atoms with Gasteiger partial charge in [0, 0.05) is 0 Å². The van der Waals surface area contributed by atoms with Crippen LogP contribution in [0.5, 0.6) is 5.75 Å². The Bertz CT molecular complexity index is 779. The highest BCUT2D eigenvalue weighted by Crippen LogP contribution is 2.27. The minimum atomic E-state index is -2.79. The topological polar surface area (TPSA) is 9.23 Å². The summed E-state index contributed by atoms with van der Waals surface area (Å²) >= 11 is 0. The minimum Gasteiger partial charge on any atom is -0.435 e. The Morgan fingerprint density at radius 3 is 2.14 bits per heavy atom. The molecule has 0 amide bonds. The van der Waals surface area contributed by atoms with Gasteiger partial charge in [0.2, 0.25) is 0 Å². The molecule has 0 heterocycles. The largest absolute Gasteiger partial charge is 0.435 e. The first-order chi connectivity index (χ1) is 10.7. The van der Waals surface area contributed by atoms with Gasteiger partial charge in [0.1, 0.15) is 5.75 Å². The molecule has 0 atom stereocenters. The van der Waals surface area contributed by atoms with Crippen LogP contribution in [0.2, 0.25) is 0 Å². The van der Waals surface area contributed by atoms with Gasteiger partial charge in [-0.15, -0.1) is 0 Å². The number of rotatable bonds is 4. The number of halogens is 2. The van der Waals surface area contributed by atoms with Crippen molar-refractivity contribution in [1.82, 2.24) is 0 Å². The van der Waals surface area contributed by atoms with E-state index in [9.17, 15) is 8.78 Å². The van der Waals surface area contributed by atoms with E-state index in [0.717, 1.165) is 17.5 Å². The van der Waals surface area contributed by atoms with E-state index in [2.05, 4.69) is 42.0 Å². The Labute approximate surface area is 128 Å². The number of hydrogen-bond acceptors (Lipinski definition) is 1. The normalized spacial score (nSPS) is 11.1. The lowest BCUT2D eigenvalue weighted by molar-refractivity contribution is -0.0498. The smallest absolute Gasteiger partial charge is 0.387 e. The summed E-state index contributed by atoms with van der Waals surface area (Å²) in [5, 5.41) is 2.38. The van der Waals surface area contributed by atoms with Crippen LogP contribution in [0, 0.1) is 0 Å². The average Bonchev–Trinajstić information content (AvgIpc) is 2.54. The fourth-order valence-corrected chi connectivity index (χ4v) is 2.52. The van der Waals surface area contributed by atoms with E-state index in [4.69, 9.17) is 0 Å². The maximum atomic E-state index is 12.2. The number of alkyl halides is 2. The Hall–Kier alpha value is -2.42. The molecule has 0 aliphatic heterocycles. The van der Waals surface area contributed by atoms with Crippen molar-refractivity contribution in [2.75, 3.05) is 0 Å². The first-order valence-electron chi connectivity index (χ1n) is 7.23. The van der Waals surface area contributed by atoms with Crippen LogP contribution in [-0.2, 0) is 6.42 Å². The van der Waals surface area contributed by atoms with Gasteiger partial charge < -0.3 is 4.74 Å². The van der Waals surface area contributed by atoms with Crippen LogP contribution in [0.25, 0.3) is 21.9 Å². The van der Waals surface area contributed by atoms with E-state index in [1.54, 1.807) is 24.3 Å². The molecule has 0 aliphatic carbocycles. The van der Waals surface area contributed by atoms with E-state index in [-0.39, 0.29) is 5.75 Å². The standard InChI is InChI=1S/C19H16F2O/c1-2-13-3-4-17-12-16(6-5-15(17)11-13)14-7-9-18(10-8-14)22-19(20)21/h3-12,19H,2H2,1H3. The third kappa shape index (κ3) is 3.08. The second-order valence-electron chi connectivity index (χ2n) is 5.15. The van der Waals surface area contributed by atoms with Crippen molar-refractivity contribution in [2.24, 2.45) is 0 Å². The molecule has 3 aromatic carbocycles. The Balaban J connectivity index is 1.92. The molecular formula is C19H16F2O. The Morgan fingerprint density at radius 2 is 1.45 bits per heavy atom. The van der Waals surface area contributed by atoms with Crippen molar-refractivity contribution in [2.45, 2.75) is 20.0 Å². The summed E-state index contributed by atoms with van der Waals surface area (Å²) in [7, 11) is 0. The van der Waals surface area contributed by atoms with Gasteiger partial charge in [-0.2, -0.15) is 8.78 Å². The van der Waals surface area contributed by atoms with Gasteiger partial charge in [0.25, 0.3) is 0 Å². The first kappa shape index (κ1) is 14.5. The van der Waals surface area contributed by atoms with Gasteiger partial charge in [-0.1, -0.05) is 49.4 Å². The highest BCUT2D eigenvalue weighted by atomic mass is 19.3. The van der Waals surface area contributed by atoms with Crippen molar-refractivity contribution < 1.29 is 13.5 Å².